The number of benzene rings is 1. The van der Waals surface area contributed by atoms with Crippen molar-refractivity contribution < 1.29 is 14.3 Å². The van der Waals surface area contributed by atoms with Gasteiger partial charge in [-0.2, -0.15) is 0 Å². The van der Waals surface area contributed by atoms with Crippen LogP contribution in [0.15, 0.2) is 39.7 Å². The molecule has 2 aromatic heterocycles. The molecule has 0 fully saturated rings. The van der Waals surface area contributed by atoms with Crippen LogP contribution in [-0.2, 0) is 6.42 Å². The van der Waals surface area contributed by atoms with Gasteiger partial charge in [-0.3, -0.25) is 4.79 Å². The number of hydrogen-bond acceptors (Lipinski definition) is 3. The molecule has 0 bridgehead atoms. The lowest BCUT2D eigenvalue weighted by molar-refractivity contribution is 0.0693. The van der Waals surface area contributed by atoms with E-state index in [0.29, 0.717) is 29.1 Å². The third-order valence-corrected chi connectivity index (χ3v) is 5.18. The van der Waals surface area contributed by atoms with E-state index in [4.69, 9.17) is 11.0 Å². The molecular weight excluding hydrogens is 344 g/mol. The number of rotatable bonds is 1. The van der Waals surface area contributed by atoms with E-state index >= 15 is 0 Å². The van der Waals surface area contributed by atoms with Crippen molar-refractivity contribution in [3.63, 3.8) is 0 Å². The zero-order valence-electron chi connectivity index (χ0n) is 15.2. The van der Waals surface area contributed by atoms with Gasteiger partial charge in [0.15, 0.2) is 16.9 Å². The van der Waals surface area contributed by atoms with E-state index < -0.39 is 11.4 Å². The maximum Gasteiger partial charge on any atom is 0.341 e. The standard InChI is InChI=1S/C21H18N2O4/c1-21(2,3)18-8-13-12-6-5-11(22-4)7-17(12)27-19(13)15-9-16(24)14(20(25)26)10-23(15)18/h5-7,9-10,18H,8H2,1-3H3,(H,25,26)/t18-/m0/s1. The van der Waals surface area contributed by atoms with Gasteiger partial charge in [0.2, 0.25) is 0 Å². The molecule has 0 aliphatic carbocycles. The first-order chi connectivity index (χ1) is 12.7. The third kappa shape index (κ3) is 2.55. The zero-order valence-corrected chi connectivity index (χ0v) is 15.2. The smallest absolute Gasteiger partial charge is 0.341 e. The van der Waals surface area contributed by atoms with Crippen molar-refractivity contribution >= 4 is 22.6 Å². The second-order valence-corrected chi connectivity index (χ2v) is 7.94. The van der Waals surface area contributed by atoms with Crippen LogP contribution < -0.4 is 5.43 Å². The predicted octanol–water partition coefficient (Wildman–Crippen LogP) is 4.65. The Morgan fingerprint density at radius 3 is 2.70 bits per heavy atom. The Bertz CT molecular complexity index is 1200. The van der Waals surface area contributed by atoms with Crippen LogP contribution in [0.1, 0.15) is 42.7 Å². The number of pyridine rings is 1. The number of aromatic nitrogens is 1. The molecule has 0 saturated heterocycles. The lowest BCUT2D eigenvalue weighted by Crippen LogP contribution is -2.32. The molecule has 1 aliphatic rings. The van der Waals surface area contributed by atoms with E-state index in [1.54, 1.807) is 12.1 Å². The van der Waals surface area contributed by atoms with Gasteiger partial charge in [0.05, 0.1) is 12.3 Å². The van der Waals surface area contributed by atoms with Gasteiger partial charge in [-0.25, -0.2) is 9.64 Å². The van der Waals surface area contributed by atoms with Gasteiger partial charge in [-0.05, 0) is 17.9 Å². The number of aromatic carboxylic acids is 1. The minimum Gasteiger partial charge on any atom is -0.477 e. The lowest BCUT2D eigenvalue weighted by Gasteiger charge is -2.37. The molecule has 3 heterocycles. The first kappa shape index (κ1) is 17.1. The summed E-state index contributed by atoms with van der Waals surface area (Å²) in [6.45, 7) is 13.4. The highest BCUT2D eigenvalue weighted by Crippen LogP contribution is 2.46. The third-order valence-electron chi connectivity index (χ3n) is 5.18. The molecule has 0 radical (unpaired) electrons. The second kappa shape index (κ2) is 5.58. The minimum absolute atomic E-state index is 0.0416. The summed E-state index contributed by atoms with van der Waals surface area (Å²) in [6.07, 6.45) is 2.08. The predicted molar refractivity (Wildman–Crippen MR) is 101 cm³/mol. The summed E-state index contributed by atoms with van der Waals surface area (Å²) in [5.74, 6) is -0.665. The Labute approximate surface area is 155 Å². The maximum absolute atomic E-state index is 12.3. The molecule has 0 unspecified atom stereocenters. The van der Waals surface area contributed by atoms with Gasteiger partial charge in [0, 0.05) is 29.3 Å². The number of nitrogens with zero attached hydrogens (tertiary/aromatic N) is 2. The molecular formula is C21H18N2O4. The molecule has 3 aromatic rings. The van der Waals surface area contributed by atoms with E-state index in [9.17, 15) is 14.7 Å². The van der Waals surface area contributed by atoms with E-state index in [1.807, 2.05) is 10.6 Å². The van der Waals surface area contributed by atoms with Crippen molar-refractivity contribution in [2.75, 3.05) is 0 Å². The number of carboxylic acids is 1. The van der Waals surface area contributed by atoms with Crippen molar-refractivity contribution in [3.05, 3.63) is 63.2 Å². The lowest BCUT2D eigenvalue weighted by atomic mass is 9.80. The first-order valence-corrected chi connectivity index (χ1v) is 8.63. The summed E-state index contributed by atoms with van der Waals surface area (Å²) in [5.41, 5.74) is 1.69. The summed E-state index contributed by atoms with van der Waals surface area (Å²) in [7, 11) is 0. The van der Waals surface area contributed by atoms with Gasteiger partial charge < -0.3 is 14.1 Å². The van der Waals surface area contributed by atoms with Gasteiger partial charge in [0.1, 0.15) is 11.1 Å². The summed E-state index contributed by atoms with van der Waals surface area (Å²) in [5, 5.41) is 10.3. The zero-order chi connectivity index (χ0) is 19.5. The van der Waals surface area contributed by atoms with E-state index in [0.717, 1.165) is 10.9 Å². The van der Waals surface area contributed by atoms with Crippen molar-refractivity contribution in [1.82, 2.24) is 4.57 Å². The highest BCUT2D eigenvalue weighted by atomic mass is 16.4. The fraction of sp³-hybridized carbons (Fsp3) is 0.286. The normalized spacial score (nSPS) is 15.9. The minimum atomic E-state index is -1.24. The molecule has 1 aromatic carbocycles. The summed E-state index contributed by atoms with van der Waals surface area (Å²) in [4.78, 5) is 27.2. The molecule has 1 aliphatic heterocycles. The number of carbonyl (C=O) groups is 1. The van der Waals surface area contributed by atoms with Crippen LogP contribution in [0.3, 0.4) is 0 Å². The first-order valence-electron chi connectivity index (χ1n) is 8.63. The van der Waals surface area contributed by atoms with Crippen LogP contribution >= 0.6 is 0 Å². The largest absolute Gasteiger partial charge is 0.477 e. The van der Waals surface area contributed by atoms with Gasteiger partial charge >= 0.3 is 5.97 Å². The summed E-state index contributed by atoms with van der Waals surface area (Å²) >= 11 is 0. The topological polar surface area (TPSA) is 76.8 Å². The van der Waals surface area contributed by atoms with E-state index in [-0.39, 0.29) is 17.0 Å². The molecule has 1 atom stereocenters. The molecule has 6 heteroatoms. The molecule has 0 spiro atoms. The molecule has 1 N–H and O–H groups in total. The van der Waals surface area contributed by atoms with E-state index in [1.165, 1.54) is 12.3 Å². The molecule has 4 rings (SSSR count). The summed E-state index contributed by atoms with van der Waals surface area (Å²) < 4.78 is 7.88. The van der Waals surface area contributed by atoms with Gasteiger partial charge in [-0.15, -0.1) is 0 Å². The van der Waals surface area contributed by atoms with Crippen LogP contribution in [0.5, 0.6) is 0 Å². The Morgan fingerprint density at radius 2 is 2.07 bits per heavy atom. The highest BCUT2D eigenvalue weighted by molar-refractivity contribution is 5.91. The van der Waals surface area contributed by atoms with Crippen molar-refractivity contribution in [2.24, 2.45) is 5.41 Å². The SMILES string of the molecule is [C-]#[N+]c1ccc2c3c(oc2c1)-c1cc(=O)c(C(=O)O)cn1[C@H](C(C)(C)C)C3. The quantitative estimate of drug-likeness (QED) is 0.639. The monoisotopic (exact) mass is 362 g/mol. The summed E-state index contributed by atoms with van der Waals surface area (Å²) in [6, 6.07) is 6.63. The number of furan rings is 1. The van der Waals surface area contributed by atoms with Crippen LogP contribution in [-0.4, -0.2) is 15.6 Å². The molecule has 27 heavy (non-hydrogen) atoms. The van der Waals surface area contributed by atoms with Gasteiger partial charge in [0.25, 0.3) is 0 Å². The van der Waals surface area contributed by atoms with Crippen LogP contribution in [0.25, 0.3) is 27.3 Å². The molecule has 0 saturated carbocycles. The molecule has 136 valence electrons. The average molecular weight is 362 g/mol. The number of fused-ring (bicyclic) bond motifs is 5. The maximum atomic E-state index is 12.3. The molecule has 0 amide bonds. The fourth-order valence-electron chi connectivity index (χ4n) is 3.78. The van der Waals surface area contributed by atoms with Crippen molar-refractivity contribution in [2.45, 2.75) is 33.2 Å². The highest BCUT2D eigenvalue weighted by Gasteiger charge is 2.36. The fourth-order valence-corrected chi connectivity index (χ4v) is 3.78. The molecule has 6 nitrogen and oxygen atoms in total. The Hall–Kier alpha value is -3.33. The Balaban J connectivity index is 2.06. The number of hydrogen-bond donors (Lipinski definition) is 1. The van der Waals surface area contributed by atoms with Crippen molar-refractivity contribution in [3.8, 4) is 11.5 Å². The van der Waals surface area contributed by atoms with Crippen LogP contribution in [0, 0.1) is 12.0 Å². The average Bonchev–Trinajstić information content (AvgIpc) is 2.97. The number of carboxylic acid groups (broad SMARTS) is 1. The second-order valence-electron chi connectivity index (χ2n) is 7.94. The van der Waals surface area contributed by atoms with Gasteiger partial charge in [-0.1, -0.05) is 32.9 Å². The van der Waals surface area contributed by atoms with Crippen molar-refractivity contribution in [1.29, 1.82) is 0 Å². The van der Waals surface area contributed by atoms with Crippen LogP contribution in [0.2, 0.25) is 0 Å². The van der Waals surface area contributed by atoms with E-state index in [2.05, 4.69) is 25.6 Å². The Kier molecular flexibility index (Phi) is 3.54. The Morgan fingerprint density at radius 1 is 1.33 bits per heavy atom. The van der Waals surface area contributed by atoms with Crippen LogP contribution in [0.4, 0.5) is 5.69 Å².